The van der Waals surface area contributed by atoms with E-state index in [2.05, 4.69) is 0 Å². The Kier molecular flexibility index (Phi) is 4.99. The normalized spacial score (nSPS) is 10.5. The second-order valence-corrected chi connectivity index (χ2v) is 5.22. The topological polar surface area (TPSA) is 35.5 Å². The van der Waals surface area contributed by atoms with Crippen LogP contribution < -0.4 is 4.74 Å². The molecule has 0 spiro atoms. The molecule has 110 valence electrons. The molecule has 0 aliphatic heterocycles. The second kappa shape index (κ2) is 6.93. The van der Waals surface area contributed by atoms with Gasteiger partial charge in [-0.25, -0.2) is 4.79 Å². The van der Waals surface area contributed by atoms with Crippen LogP contribution in [0.25, 0.3) is 0 Å². The van der Waals surface area contributed by atoms with E-state index < -0.39 is 0 Å². The molecular formula is C18H20O3. The van der Waals surface area contributed by atoms with Crippen molar-refractivity contribution in [3.63, 3.8) is 0 Å². The predicted octanol–water partition coefficient (Wildman–Crippen LogP) is 4.14. The monoisotopic (exact) mass is 284 g/mol. The van der Waals surface area contributed by atoms with Crippen molar-refractivity contribution in [3.05, 3.63) is 65.2 Å². The summed E-state index contributed by atoms with van der Waals surface area (Å²) in [6.45, 7) is 6.12. The van der Waals surface area contributed by atoms with Crippen molar-refractivity contribution in [1.29, 1.82) is 0 Å². The number of rotatable bonds is 5. The number of benzene rings is 2. The highest BCUT2D eigenvalue weighted by atomic mass is 16.5. The SMILES string of the molecule is Cc1ccc(COc2ccccc2C(=O)OC(C)C)cc1. The van der Waals surface area contributed by atoms with Crippen LogP contribution in [0.5, 0.6) is 5.75 Å². The van der Waals surface area contributed by atoms with E-state index in [1.165, 1.54) is 5.56 Å². The van der Waals surface area contributed by atoms with E-state index in [0.717, 1.165) is 5.56 Å². The van der Waals surface area contributed by atoms with E-state index in [1.54, 1.807) is 18.2 Å². The quantitative estimate of drug-likeness (QED) is 0.774. The van der Waals surface area contributed by atoms with Gasteiger partial charge in [0.2, 0.25) is 0 Å². The molecule has 0 aliphatic rings. The zero-order valence-corrected chi connectivity index (χ0v) is 12.6. The highest BCUT2D eigenvalue weighted by Crippen LogP contribution is 2.21. The van der Waals surface area contributed by atoms with E-state index >= 15 is 0 Å². The lowest BCUT2D eigenvalue weighted by molar-refractivity contribution is 0.0373. The molecule has 0 N–H and O–H groups in total. The van der Waals surface area contributed by atoms with Gasteiger partial charge in [-0.1, -0.05) is 42.0 Å². The lowest BCUT2D eigenvalue weighted by atomic mass is 10.1. The van der Waals surface area contributed by atoms with Crippen LogP contribution in [0.4, 0.5) is 0 Å². The number of aryl methyl sites for hydroxylation is 1. The number of carbonyl (C=O) groups excluding carboxylic acids is 1. The first-order valence-corrected chi connectivity index (χ1v) is 7.04. The van der Waals surface area contributed by atoms with Crippen molar-refractivity contribution in [2.24, 2.45) is 0 Å². The molecule has 2 aromatic carbocycles. The van der Waals surface area contributed by atoms with E-state index in [0.29, 0.717) is 17.9 Å². The summed E-state index contributed by atoms with van der Waals surface area (Å²) < 4.78 is 11.0. The van der Waals surface area contributed by atoms with E-state index in [9.17, 15) is 4.79 Å². The first-order chi connectivity index (χ1) is 10.1. The Hall–Kier alpha value is -2.29. The average Bonchev–Trinajstić information content (AvgIpc) is 2.46. The summed E-state index contributed by atoms with van der Waals surface area (Å²) in [6.07, 6.45) is -0.150. The van der Waals surface area contributed by atoms with Gasteiger partial charge in [-0.3, -0.25) is 0 Å². The van der Waals surface area contributed by atoms with Crippen LogP contribution in [0.3, 0.4) is 0 Å². The Balaban J connectivity index is 2.09. The third-order valence-electron chi connectivity index (χ3n) is 2.96. The molecule has 2 aromatic rings. The van der Waals surface area contributed by atoms with E-state index in [4.69, 9.17) is 9.47 Å². The maximum atomic E-state index is 12.0. The molecule has 2 rings (SSSR count). The molecule has 0 bridgehead atoms. The van der Waals surface area contributed by atoms with Gasteiger partial charge in [-0.15, -0.1) is 0 Å². The fourth-order valence-corrected chi connectivity index (χ4v) is 1.88. The third-order valence-corrected chi connectivity index (χ3v) is 2.96. The molecule has 0 heterocycles. The molecule has 0 radical (unpaired) electrons. The Morgan fingerprint density at radius 1 is 1.05 bits per heavy atom. The van der Waals surface area contributed by atoms with Gasteiger partial charge in [-0.2, -0.15) is 0 Å². The van der Waals surface area contributed by atoms with Crippen LogP contribution in [0, 0.1) is 6.92 Å². The maximum absolute atomic E-state index is 12.0. The minimum atomic E-state index is -0.357. The summed E-state index contributed by atoms with van der Waals surface area (Å²) in [5.41, 5.74) is 2.73. The molecule has 0 aliphatic carbocycles. The first-order valence-electron chi connectivity index (χ1n) is 7.04. The van der Waals surface area contributed by atoms with Crippen LogP contribution in [-0.4, -0.2) is 12.1 Å². The number of para-hydroxylation sites is 1. The Bertz CT molecular complexity index is 600. The van der Waals surface area contributed by atoms with Crippen molar-refractivity contribution in [1.82, 2.24) is 0 Å². The van der Waals surface area contributed by atoms with Gasteiger partial charge in [0.1, 0.15) is 17.9 Å². The van der Waals surface area contributed by atoms with Gasteiger partial charge in [0, 0.05) is 0 Å². The van der Waals surface area contributed by atoms with Gasteiger partial charge in [-0.05, 0) is 38.5 Å². The molecule has 0 saturated carbocycles. The van der Waals surface area contributed by atoms with E-state index in [-0.39, 0.29) is 12.1 Å². The smallest absolute Gasteiger partial charge is 0.342 e. The standard InChI is InChI=1S/C18H20O3/c1-13(2)21-18(19)16-6-4-5-7-17(16)20-12-15-10-8-14(3)9-11-15/h4-11,13H,12H2,1-3H3. The molecule has 0 unspecified atom stereocenters. The molecule has 0 aromatic heterocycles. The summed E-state index contributed by atoms with van der Waals surface area (Å²) in [4.78, 5) is 12.0. The number of hydrogen-bond donors (Lipinski definition) is 0. The van der Waals surface area contributed by atoms with Gasteiger partial charge in [0.05, 0.1) is 6.10 Å². The van der Waals surface area contributed by atoms with Crippen LogP contribution in [0.1, 0.15) is 35.3 Å². The summed E-state index contributed by atoms with van der Waals surface area (Å²) in [6, 6.07) is 15.3. The molecule has 3 heteroatoms. The van der Waals surface area contributed by atoms with Crippen molar-refractivity contribution >= 4 is 5.97 Å². The van der Waals surface area contributed by atoms with Gasteiger partial charge >= 0.3 is 5.97 Å². The third kappa shape index (κ3) is 4.35. The Morgan fingerprint density at radius 2 is 1.71 bits per heavy atom. The molecule has 0 amide bonds. The van der Waals surface area contributed by atoms with Crippen LogP contribution in [0.2, 0.25) is 0 Å². The van der Waals surface area contributed by atoms with Crippen molar-refractivity contribution in [2.75, 3.05) is 0 Å². The van der Waals surface area contributed by atoms with Crippen LogP contribution in [-0.2, 0) is 11.3 Å². The van der Waals surface area contributed by atoms with Crippen molar-refractivity contribution in [3.8, 4) is 5.75 Å². The highest BCUT2D eigenvalue weighted by molar-refractivity contribution is 5.92. The lowest BCUT2D eigenvalue weighted by Crippen LogP contribution is -2.13. The van der Waals surface area contributed by atoms with Gasteiger partial charge in [0.15, 0.2) is 0 Å². The zero-order chi connectivity index (χ0) is 15.2. The van der Waals surface area contributed by atoms with Crippen molar-refractivity contribution in [2.45, 2.75) is 33.5 Å². The van der Waals surface area contributed by atoms with Crippen molar-refractivity contribution < 1.29 is 14.3 Å². The number of esters is 1. The lowest BCUT2D eigenvalue weighted by Gasteiger charge is -2.13. The number of hydrogen-bond acceptors (Lipinski definition) is 3. The summed E-state index contributed by atoms with van der Waals surface area (Å²) in [5.74, 6) is 0.188. The highest BCUT2D eigenvalue weighted by Gasteiger charge is 2.14. The molecular weight excluding hydrogens is 264 g/mol. The summed E-state index contributed by atoms with van der Waals surface area (Å²) in [7, 11) is 0. The summed E-state index contributed by atoms with van der Waals surface area (Å²) in [5, 5.41) is 0. The zero-order valence-electron chi connectivity index (χ0n) is 12.6. The average molecular weight is 284 g/mol. The summed E-state index contributed by atoms with van der Waals surface area (Å²) >= 11 is 0. The largest absolute Gasteiger partial charge is 0.488 e. The minimum absolute atomic E-state index is 0.150. The molecule has 0 fully saturated rings. The number of ether oxygens (including phenoxy) is 2. The fraction of sp³-hybridized carbons (Fsp3) is 0.278. The second-order valence-electron chi connectivity index (χ2n) is 5.22. The van der Waals surface area contributed by atoms with Crippen LogP contribution in [0.15, 0.2) is 48.5 Å². The molecule has 0 saturated heterocycles. The Labute approximate surface area is 125 Å². The number of carbonyl (C=O) groups is 1. The van der Waals surface area contributed by atoms with Gasteiger partial charge < -0.3 is 9.47 Å². The molecule has 3 nitrogen and oxygen atoms in total. The molecule has 21 heavy (non-hydrogen) atoms. The van der Waals surface area contributed by atoms with E-state index in [1.807, 2.05) is 51.1 Å². The van der Waals surface area contributed by atoms with Crippen LogP contribution >= 0.6 is 0 Å². The maximum Gasteiger partial charge on any atom is 0.342 e. The minimum Gasteiger partial charge on any atom is -0.488 e. The Morgan fingerprint density at radius 3 is 2.38 bits per heavy atom. The van der Waals surface area contributed by atoms with Gasteiger partial charge in [0.25, 0.3) is 0 Å². The predicted molar refractivity (Wildman–Crippen MR) is 82.5 cm³/mol. The molecule has 0 atom stereocenters. The first kappa shape index (κ1) is 15.1. The fourth-order valence-electron chi connectivity index (χ4n) is 1.88.